The van der Waals surface area contributed by atoms with Gasteiger partial charge in [0.2, 0.25) is 5.91 Å². The molecule has 1 fully saturated rings. The summed E-state index contributed by atoms with van der Waals surface area (Å²) in [6.45, 7) is 4.76. The molecule has 1 saturated heterocycles. The Morgan fingerprint density at radius 1 is 1.15 bits per heavy atom. The molecule has 0 saturated carbocycles. The van der Waals surface area contributed by atoms with Crippen molar-refractivity contribution in [2.75, 3.05) is 11.9 Å². The highest BCUT2D eigenvalue weighted by atomic mass is 19.1. The standard InChI is InChI=1S/C20H20FN3O3/c1-12-7-6-10-16(13(12)2)22-17(25)11-24-18(26)20(3,23-19(24)27)14-8-4-5-9-15(14)21/h4-10H,11H2,1-3H3,(H,22,25)(H,23,27). The lowest BCUT2D eigenvalue weighted by atomic mass is 9.91. The van der Waals surface area contributed by atoms with Crippen molar-refractivity contribution < 1.29 is 18.8 Å². The maximum atomic E-state index is 14.1. The van der Waals surface area contributed by atoms with E-state index in [1.807, 2.05) is 19.9 Å². The highest BCUT2D eigenvalue weighted by molar-refractivity contribution is 6.10. The first-order chi connectivity index (χ1) is 12.7. The summed E-state index contributed by atoms with van der Waals surface area (Å²) in [7, 11) is 0. The molecule has 0 bridgehead atoms. The molecule has 1 aliphatic rings. The normalized spacial score (nSPS) is 19.2. The first-order valence-corrected chi connectivity index (χ1v) is 8.49. The van der Waals surface area contributed by atoms with Crippen LogP contribution in [-0.4, -0.2) is 29.3 Å². The summed E-state index contributed by atoms with van der Waals surface area (Å²) in [6, 6.07) is 10.5. The summed E-state index contributed by atoms with van der Waals surface area (Å²) >= 11 is 0. The molecule has 0 spiro atoms. The zero-order chi connectivity index (χ0) is 19.8. The fourth-order valence-electron chi connectivity index (χ4n) is 3.11. The van der Waals surface area contributed by atoms with Crippen LogP contribution in [0.3, 0.4) is 0 Å². The molecule has 6 nitrogen and oxygen atoms in total. The molecule has 27 heavy (non-hydrogen) atoms. The third kappa shape index (κ3) is 3.28. The van der Waals surface area contributed by atoms with E-state index in [1.165, 1.54) is 25.1 Å². The predicted octanol–water partition coefficient (Wildman–Crippen LogP) is 2.85. The number of anilines is 1. The topological polar surface area (TPSA) is 78.5 Å². The summed E-state index contributed by atoms with van der Waals surface area (Å²) < 4.78 is 14.1. The number of nitrogens with one attached hydrogen (secondary N) is 2. The molecular weight excluding hydrogens is 349 g/mol. The number of aryl methyl sites for hydroxylation is 1. The molecule has 2 aromatic rings. The van der Waals surface area contributed by atoms with Gasteiger partial charge in [-0.25, -0.2) is 9.18 Å². The molecule has 7 heteroatoms. The van der Waals surface area contributed by atoms with E-state index in [4.69, 9.17) is 0 Å². The molecule has 3 rings (SSSR count). The van der Waals surface area contributed by atoms with Crippen LogP contribution in [0.4, 0.5) is 14.9 Å². The number of rotatable bonds is 4. The molecule has 1 unspecified atom stereocenters. The Morgan fingerprint density at radius 3 is 2.56 bits per heavy atom. The van der Waals surface area contributed by atoms with Crippen LogP contribution in [-0.2, 0) is 15.1 Å². The Balaban J connectivity index is 1.79. The minimum atomic E-state index is -1.55. The van der Waals surface area contributed by atoms with Gasteiger partial charge in [0.05, 0.1) is 0 Å². The van der Waals surface area contributed by atoms with Crippen molar-refractivity contribution in [1.82, 2.24) is 10.2 Å². The van der Waals surface area contributed by atoms with Crippen LogP contribution in [0.25, 0.3) is 0 Å². The predicted molar refractivity (Wildman–Crippen MR) is 98.5 cm³/mol. The molecule has 0 radical (unpaired) electrons. The lowest BCUT2D eigenvalue weighted by Gasteiger charge is -2.22. The highest BCUT2D eigenvalue weighted by Crippen LogP contribution is 2.30. The van der Waals surface area contributed by atoms with Crippen LogP contribution < -0.4 is 10.6 Å². The highest BCUT2D eigenvalue weighted by Gasteiger charge is 2.50. The average molecular weight is 369 g/mol. The fourth-order valence-corrected chi connectivity index (χ4v) is 3.11. The number of carbonyl (C=O) groups is 3. The maximum absolute atomic E-state index is 14.1. The summed E-state index contributed by atoms with van der Waals surface area (Å²) in [6.07, 6.45) is 0. The van der Waals surface area contributed by atoms with E-state index in [2.05, 4.69) is 10.6 Å². The van der Waals surface area contributed by atoms with Gasteiger partial charge in [0.25, 0.3) is 5.91 Å². The monoisotopic (exact) mass is 369 g/mol. The summed E-state index contributed by atoms with van der Waals surface area (Å²) in [4.78, 5) is 38.3. The van der Waals surface area contributed by atoms with E-state index in [9.17, 15) is 18.8 Å². The lowest BCUT2D eigenvalue weighted by molar-refractivity contribution is -0.133. The number of amides is 4. The summed E-state index contributed by atoms with van der Waals surface area (Å²) in [5.74, 6) is -1.78. The van der Waals surface area contributed by atoms with E-state index >= 15 is 0 Å². The average Bonchev–Trinajstić information content (AvgIpc) is 2.83. The van der Waals surface area contributed by atoms with Crippen LogP contribution in [0.15, 0.2) is 42.5 Å². The Labute approximate surface area is 156 Å². The van der Waals surface area contributed by atoms with Gasteiger partial charge in [-0.3, -0.25) is 14.5 Å². The van der Waals surface area contributed by atoms with Crippen molar-refractivity contribution in [2.45, 2.75) is 26.3 Å². The number of imide groups is 1. The second-order valence-electron chi connectivity index (χ2n) is 6.72. The zero-order valence-corrected chi connectivity index (χ0v) is 15.3. The number of halogens is 1. The quantitative estimate of drug-likeness (QED) is 0.814. The van der Waals surface area contributed by atoms with E-state index in [1.54, 1.807) is 18.2 Å². The van der Waals surface area contributed by atoms with Gasteiger partial charge in [-0.15, -0.1) is 0 Å². The smallest absolute Gasteiger partial charge is 0.324 e. The summed E-state index contributed by atoms with van der Waals surface area (Å²) in [5.41, 5.74) is 1.03. The SMILES string of the molecule is Cc1cccc(NC(=O)CN2C(=O)NC(C)(c3ccccc3F)C2=O)c1C. The van der Waals surface area contributed by atoms with Gasteiger partial charge in [-0.05, 0) is 44.0 Å². The molecule has 140 valence electrons. The van der Waals surface area contributed by atoms with Crippen LogP contribution >= 0.6 is 0 Å². The Kier molecular flexibility index (Phi) is 4.70. The minimum absolute atomic E-state index is 0.0563. The van der Waals surface area contributed by atoms with Crippen molar-refractivity contribution in [3.63, 3.8) is 0 Å². The van der Waals surface area contributed by atoms with Crippen LogP contribution in [0.2, 0.25) is 0 Å². The van der Waals surface area contributed by atoms with Crippen LogP contribution in [0, 0.1) is 19.7 Å². The maximum Gasteiger partial charge on any atom is 0.325 e. The molecule has 4 amide bonds. The molecule has 1 heterocycles. The number of hydrogen-bond acceptors (Lipinski definition) is 3. The van der Waals surface area contributed by atoms with Gasteiger partial charge in [0.15, 0.2) is 0 Å². The van der Waals surface area contributed by atoms with Gasteiger partial charge in [0, 0.05) is 11.3 Å². The van der Waals surface area contributed by atoms with Crippen molar-refractivity contribution >= 4 is 23.5 Å². The van der Waals surface area contributed by atoms with Gasteiger partial charge < -0.3 is 10.6 Å². The third-order valence-electron chi connectivity index (χ3n) is 4.87. The van der Waals surface area contributed by atoms with E-state index in [-0.39, 0.29) is 5.56 Å². The largest absolute Gasteiger partial charge is 0.325 e. The van der Waals surface area contributed by atoms with Crippen molar-refractivity contribution in [3.05, 3.63) is 65.0 Å². The molecular formula is C20H20FN3O3. The first kappa shape index (κ1) is 18.6. The minimum Gasteiger partial charge on any atom is -0.324 e. The zero-order valence-electron chi connectivity index (χ0n) is 15.3. The van der Waals surface area contributed by atoms with E-state index < -0.39 is 35.7 Å². The molecule has 0 aliphatic carbocycles. The van der Waals surface area contributed by atoms with Gasteiger partial charge in [-0.2, -0.15) is 0 Å². The second kappa shape index (κ2) is 6.83. The second-order valence-corrected chi connectivity index (χ2v) is 6.72. The van der Waals surface area contributed by atoms with Crippen LogP contribution in [0.5, 0.6) is 0 Å². The number of urea groups is 1. The number of hydrogen-bond donors (Lipinski definition) is 2. The molecule has 0 aromatic heterocycles. The van der Waals surface area contributed by atoms with Crippen molar-refractivity contribution in [1.29, 1.82) is 0 Å². The number of benzene rings is 2. The van der Waals surface area contributed by atoms with E-state index in [0.717, 1.165) is 16.0 Å². The molecule has 1 aliphatic heterocycles. The lowest BCUT2D eigenvalue weighted by Crippen LogP contribution is -2.42. The van der Waals surface area contributed by atoms with Crippen molar-refractivity contribution in [3.8, 4) is 0 Å². The first-order valence-electron chi connectivity index (χ1n) is 8.49. The van der Waals surface area contributed by atoms with Gasteiger partial charge in [0.1, 0.15) is 17.9 Å². The van der Waals surface area contributed by atoms with Crippen molar-refractivity contribution in [2.24, 2.45) is 0 Å². The molecule has 2 aromatic carbocycles. The third-order valence-corrected chi connectivity index (χ3v) is 4.87. The Bertz CT molecular complexity index is 944. The Hall–Kier alpha value is -3.22. The fraction of sp³-hybridized carbons (Fsp3) is 0.250. The molecule has 2 N–H and O–H groups in total. The molecule has 1 atom stereocenters. The van der Waals surface area contributed by atoms with Crippen LogP contribution in [0.1, 0.15) is 23.6 Å². The van der Waals surface area contributed by atoms with Gasteiger partial charge >= 0.3 is 6.03 Å². The number of carbonyl (C=O) groups excluding carboxylic acids is 3. The van der Waals surface area contributed by atoms with E-state index in [0.29, 0.717) is 5.69 Å². The Morgan fingerprint density at radius 2 is 1.85 bits per heavy atom. The van der Waals surface area contributed by atoms with Gasteiger partial charge in [-0.1, -0.05) is 30.3 Å². The number of nitrogens with zero attached hydrogens (tertiary/aromatic N) is 1. The summed E-state index contributed by atoms with van der Waals surface area (Å²) in [5, 5.41) is 5.21.